The third-order valence-corrected chi connectivity index (χ3v) is 2.59. The zero-order chi connectivity index (χ0) is 14.5. The number of aromatic nitrogens is 3. The fraction of sp³-hybridized carbons (Fsp3) is 0.250. The third-order valence-electron chi connectivity index (χ3n) is 2.29. The lowest BCUT2D eigenvalue weighted by molar-refractivity contribution is 0.312. The SMILES string of the molecule is CCOc1nc(NC)nc(Nc2ccc(Cl)c(F)c2)n1. The van der Waals surface area contributed by atoms with Crippen molar-refractivity contribution < 1.29 is 9.13 Å². The van der Waals surface area contributed by atoms with Crippen molar-refractivity contribution in [1.82, 2.24) is 15.0 Å². The molecular weight excluding hydrogens is 285 g/mol. The molecule has 1 heterocycles. The van der Waals surface area contributed by atoms with Crippen molar-refractivity contribution in [3.8, 4) is 6.01 Å². The van der Waals surface area contributed by atoms with E-state index in [-0.39, 0.29) is 17.0 Å². The molecule has 0 aliphatic carbocycles. The summed E-state index contributed by atoms with van der Waals surface area (Å²) in [6, 6.07) is 4.51. The first-order chi connectivity index (χ1) is 9.62. The minimum absolute atomic E-state index is 0.0529. The second kappa shape index (κ2) is 6.33. The van der Waals surface area contributed by atoms with E-state index in [1.807, 2.05) is 6.92 Å². The maximum Gasteiger partial charge on any atom is 0.323 e. The Morgan fingerprint density at radius 1 is 1.25 bits per heavy atom. The largest absolute Gasteiger partial charge is 0.464 e. The van der Waals surface area contributed by atoms with Gasteiger partial charge in [-0.1, -0.05) is 11.6 Å². The Labute approximate surface area is 120 Å². The van der Waals surface area contributed by atoms with E-state index in [0.717, 1.165) is 0 Å². The van der Waals surface area contributed by atoms with Crippen LogP contribution in [0.15, 0.2) is 18.2 Å². The molecule has 0 aliphatic rings. The van der Waals surface area contributed by atoms with E-state index in [1.54, 1.807) is 13.1 Å². The van der Waals surface area contributed by atoms with Crippen molar-refractivity contribution in [3.63, 3.8) is 0 Å². The van der Waals surface area contributed by atoms with E-state index in [9.17, 15) is 4.39 Å². The molecule has 0 amide bonds. The summed E-state index contributed by atoms with van der Waals surface area (Å²) in [4.78, 5) is 12.2. The number of anilines is 3. The number of ether oxygens (including phenoxy) is 1. The fourth-order valence-electron chi connectivity index (χ4n) is 1.42. The van der Waals surface area contributed by atoms with Crippen LogP contribution in [0.3, 0.4) is 0 Å². The number of hydrogen-bond donors (Lipinski definition) is 2. The highest BCUT2D eigenvalue weighted by molar-refractivity contribution is 6.30. The fourth-order valence-corrected chi connectivity index (χ4v) is 1.54. The molecule has 0 radical (unpaired) electrons. The Balaban J connectivity index is 2.27. The van der Waals surface area contributed by atoms with Crippen LogP contribution in [0.1, 0.15) is 6.92 Å². The van der Waals surface area contributed by atoms with Gasteiger partial charge in [0.15, 0.2) is 0 Å². The first-order valence-electron chi connectivity index (χ1n) is 5.91. The normalized spacial score (nSPS) is 10.2. The lowest BCUT2D eigenvalue weighted by Crippen LogP contribution is -2.07. The average Bonchev–Trinajstić information content (AvgIpc) is 2.43. The molecular formula is C12H13ClFN5O. The molecule has 1 aromatic carbocycles. The van der Waals surface area contributed by atoms with Crippen molar-refractivity contribution in [2.75, 3.05) is 24.3 Å². The number of nitrogens with zero attached hydrogens (tertiary/aromatic N) is 3. The Morgan fingerprint density at radius 2 is 2.00 bits per heavy atom. The zero-order valence-corrected chi connectivity index (χ0v) is 11.7. The Morgan fingerprint density at radius 3 is 2.65 bits per heavy atom. The number of benzene rings is 1. The summed E-state index contributed by atoms with van der Waals surface area (Å²) in [5.41, 5.74) is 0.475. The summed E-state index contributed by atoms with van der Waals surface area (Å²) in [5.74, 6) is 0.0690. The highest BCUT2D eigenvalue weighted by Gasteiger charge is 2.08. The average molecular weight is 298 g/mol. The van der Waals surface area contributed by atoms with Crippen molar-refractivity contribution in [2.45, 2.75) is 6.92 Å². The summed E-state index contributed by atoms with van der Waals surface area (Å²) < 4.78 is 18.6. The van der Waals surface area contributed by atoms with E-state index in [1.165, 1.54) is 12.1 Å². The molecule has 2 rings (SSSR count). The van der Waals surface area contributed by atoms with E-state index in [4.69, 9.17) is 16.3 Å². The second-order valence-electron chi connectivity index (χ2n) is 3.70. The monoisotopic (exact) mass is 297 g/mol. The van der Waals surface area contributed by atoms with Gasteiger partial charge in [-0.25, -0.2) is 4.39 Å². The molecule has 1 aromatic heterocycles. The lowest BCUT2D eigenvalue weighted by atomic mass is 10.3. The standard InChI is InChI=1S/C12H13ClFN5O/c1-3-20-12-18-10(15-2)17-11(19-12)16-7-4-5-8(13)9(14)6-7/h4-6H,3H2,1-2H3,(H2,15,16,17,18,19). The summed E-state index contributed by atoms with van der Waals surface area (Å²) in [7, 11) is 1.68. The van der Waals surface area contributed by atoms with E-state index >= 15 is 0 Å². The molecule has 0 bridgehead atoms. The van der Waals surface area contributed by atoms with Gasteiger partial charge in [0.25, 0.3) is 0 Å². The maximum atomic E-state index is 13.4. The molecule has 20 heavy (non-hydrogen) atoms. The molecule has 8 heteroatoms. The van der Waals surface area contributed by atoms with Gasteiger partial charge in [-0.2, -0.15) is 15.0 Å². The first-order valence-corrected chi connectivity index (χ1v) is 6.29. The van der Waals surface area contributed by atoms with Gasteiger partial charge in [-0.3, -0.25) is 0 Å². The van der Waals surface area contributed by atoms with Gasteiger partial charge in [-0.05, 0) is 25.1 Å². The van der Waals surface area contributed by atoms with Gasteiger partial charge >= 0.3 is 6.01 Å². The Kier molecular flexibility index (Phi) is 4.52. The molecule has 0 fully saturated rings. The topological polar surface area (TPSA) is 72.0 Å². The van der Waals surface area contributed by atoms with Gasteiger partial charge in [0.2, 0.25) is 11.9 Å². The van der Waals surface area contributed by atoms with Crippen LogP contribution < -0.4 is 15.4 Å². The predicted octanol–water partition coefficient (Wildman–Crippen LogP) is 2.85. The van der Waals surface area contributed by atoms with Crippen molar-refractivity contribution in [2.24, 2.45) is 0 Å². The van der Waals surface area contributed by atoms with E-state index in [0.29, 0.717) is 18.2 Å². The molecule has 2 aromatic rings. The van der Waals surface area contributed by atoms with Gasteiger partial charge in [-0.15, -0.1) is 0 Å². The molecule has 0 saturated carbocycles. The van der Waals surface area contributed by atoms with Crippen molar-refractivity contribution in [1.29, 1.82) is 0 Å². The van der Waals surface area contributed by atoms with E-state index < -0.39 is 5.82 Å². The molecule has 106 valence electrons. The number of nitrogens with one attached hydrogen (secondary N) is 2. The van der Waals surface area contributed by atoms with Crippen LogP contribution in [-0.2, 0) is 0 Å². The molecule has 0 aliphatic heterocycles. The van der Waals surface area contributed by atoms with Gasteiger partial charge in [0.1, 0.15) is 5.82 Å². The van der Waals surface area contributed by atoms with E-state index in [2.05, 4.69) is 25.6 Å². The molecule has 6 nitrogen and oxygen atoms in total. The Bertz CT molecular complexity index is 610. The minimum Gasteiger partial charge on any atom is -0.464 e. The van der Waals surface area contributed by atoms with Crippen molar-refractivity contribution >= 4 is 29.2 Å². The van der Waals surface area contributed by atoms with Crippen LogP contribution in [0.25, 0.3) is 0 Å². The second-order valence-corrected chi connectivity index (χ2v) is 4.11. The highest BCUT2D eigenvalue weighted by Crippen LogP contribution is 2.21. The molecule has 0 atom stereocenters. The third kappa shape index (κ3) is 3.45. The summed E-state index contributed by atoms with van der Waals surface area (Å²) in [5, 5.41) is 5.71. The summed E-state index contributed by atoms with van der Waals surface area (Å²) in [6.45, 7) is 2.26. The quantitative estimate of drug-likeness (QED) is 0.884. The summed E-state index contributed by atoms with van der Waals surface area (Å²) >= 11 is 5.62. The molecule has 2 N–H and O–H groups in total. The predicted molar refractivity (Wildman–Crippen MR) is 75.2 cm³/mol. The molecule has 0 spiro atoms. The van der Waals surface area contributed by atoms with Crippen LogP contribution in [0, 0.1) is 5.82 Å². The summed E-state index contributed by atoms with van der Waals surface area (Å²) in [6.07, 6.45) is 0. The number of rotatable bonds is 5. The highest BCUT2D eigenvalue weighted by atomic mass is 35.5. The van der Waals surface area contributed by atoms with Crippen molar-refractivity contribution in [3.05, 3.63) is 29.0 Å². The minimum atomic E-state index is -0.524. The van der Waals surface area contributed by atoms with Crippen LogP contribution in [0.2, 0.25) is 5.02 Å². The molecule has 0 unspecified atom stereocenters. The lowest BCUT2D eigenvalue weighted by Gasteiger charge is -2.08. The van der Waals surface area contributed by atoms with Crippen LogP contribution in [0.4, 0.5) is 22.0 Å². The number of hydrogen-bond acceptors (Lipinski definition) is 6. The van der Waals surface area contributed by atoms with Gasteiger partial charge in [0, 0.05) is 12.7 Å². The zero-order valence-electron chi connectivity index (χ0n) is 10.9. The van der Waals surface area contributed by atoms with Gasteiger partial charge < -0.3 is 15.4 Å². The maximum absolute atomic E-state index is 13.4. The smallest absolute Gasteiger partial charge is 0.323 e. The first kappa shape index (κ1) is 14.3. The number of halogens is 2. The van der Waals surface area contributed by atoms with Crippen LogP contribution in [0.5, 0.6) is 6.01 Å². The van der Waals surface area contributed by atoms with Gasteiger partial charge in [0.05, 0.1) is 11.6 Å². The molecule has 0 saturated heterocycles. The van der Waals surface area contributed by atoms with Crippen LogP contribution in [-0.4, -0.2) is 28.6 Å². The Hall–Kier alpha value is -2.15. The van der Waals surface area contributed by atoms with Crippen LogP contribution >= 0.6 is 11.6 Å².